The number of amides is 1. The number of sulfone groups is 1. The summed E-state index contributed by atoms with van der Waals surface area (Å²) in [5, 5.41) is 10.2. The molecule has 0 spiro atoms. The van der Waals surface area contributed by atoms with Gasteiger partial charge in [0.1, 0.15) is 5.69 Å². The molecule has 124 valence electrons. The lowest BCUT2D eigenvalue weighted by molar-refractivity contribution is 0.101. The fourth-order valence-electron chi connectivity index (χ4n) is 2.23. The molecule has 0 atom stereocenters. The number of nitrogens with zero attached hydrogens (tertiary/aromatic N) is 2. The van der Waals surface area contributed by atoms with Gasteiger partial charge in [-0.25, -0.2) is 13.4 Å². The van der Waals surface area contributed by atoms with Crippen molar-refractivity contribution in [1.82, 2.24) is 15.2 Å². The first-order chi connectivity index (χ1) is 11.4. The number of halogens is 1. The second-order valence-corrected chi connectivity index (χ2v) is 7.59. The summed E-state index contributed by atoms with van der Waals surface area (Å²) in [6, 6.07) is 6.16. The number of pyridine rings is 1. The topological polar surface area (TPSA) is 105 Å². The van der Waals surface area contributed by atoms with Crippen molar-refractivity contribution in [3.05, 3.63) is 47.4 Å². The highest BCUT2D eigenvalue weighted by atomic mass is 35.5. The van der Waals surface area contributed by atoms with Gasteiger partial charge in [0.15, 0.2) is 9.84 Å². The smallest absolute Gasteiger partial charge is 0.275 e. The van der Waals surface area contributed by atoms with Gasteiger partial charge >= 0.3 is 0 Å². The van der Waals surface area contributed by atoms with E-state index < -0.39 is 15.7 Å². The molecule has 2 heterocycles. The number of hydrogen-bond acceptors (Lipinski definition) is 5. The van der Waals surface area contributed by atoms with Gasteiger partial charge in [-0.2, -0.15) is 5.10 Å². The third-order valence-corrected chi connectivity index (χ3v) is 5.67. The zero-order chi connectivity index (χ0) is 17.3. The predicted octanol–water partition coefficient (Wildman–Crippen LogP) is 2.66. The minimum absolute atomic E-state index is 0.106. The van der Waals surface area contributed by atoms with Gasteiger partial charge in [-0.15, -0.1) is 0 Å². The van der Waals surface area contributed by atoms with E-state index in [2.05, 4.69) is 20.5 Å². The summed E-state index contributed by atoms with van der Waals surface area (Å²) in [4.78, 5) is 16.3. The molecule has 24 heavy (non-hydrogen) atoms. The lowest BCUT2D eigenvalue weighted by atomic mass is 10.2. The van der Waals surface area contributed by atoms with E-state index in [1.54, 1.807) is 18.3 Å². The van der Waals surface area contributed by atoms with Crippen molar-refractivity contribution in [3.8, 4) is 0 Å². The van der Waals surface area contributed by atoms with E-state index in [9.17, 15) is 13.2 Å². The van der Waals surface area contributed by atoms with Gasteiger partial charge in [-0.1, -0.05) is 18.5 Å². The van der Waals surface area contributed by atoms with Crippen molar-refractivity contribution in [1.29, 1.82) is 0 Å². The zero-order valence-electron chi connectivity index (χ0n) is 12.6. The molecule has 0 saturated carbocycles. The number of carbonyl (C=O) groups is 1. The van der Waals surface area contributed by atoms with Crippen molar-refractivity contribution in [2.45, 2.75) is 11.8 Å². The predicted molar refractivity (Wildman–Crippen MR) is 91.0 cm³/mol. The maximum Gasteiger partial charge on any atom is 0.275 e. The summed E-state index contributed by atoms with van der Waals surface area (Å²) < 4.78 is 24.3. The van der Waals surface area contributed by atoms with Gasteiger partial charge < -0.3 is 5.32 Å². The Morgan fingerprint density at radius 3 is 2.88 bits per heavy atom. The molecule has 0 aliphatic heterocycles. The number of nitrogens with one attached hydrogen (secondary N) is 2. The number of rotatable bonds is 4. The molecule has 1 aromatic carbocycles. The summed E-state index contributed by atoms with van der Waals surface area (Å²) in [7, 11) is -3.57. The Bertz CT molecular complexity index is 1030. The van der Waals surface area contributed by atoms with Crippen LogP contribution in [0, 0.1) is 0 Å². The number of carbonyl (C=O) groups excluding carboxylic acids is 1. The van der Waals surface area contributed by atoms with Crippen LogP contribution in [0.25, 0.3) is 10.9 Å². The quantitative estimate of drug-likeness (QED) is 0.740. The first kappa shape index (κ1) is 16.4. The average molecular weight is 365 g/mol. The van der Waals surface area contributed by atoms with Crippen LogP contribution in [-0.4, -0.2) is 35.3 Å². The molecule has 3 rings (SSSR count). The zero-order valence-corrected chi connectivity index (χ0v) is 14.1. The molecular formula is C15H13ClN4O3S. The number of aromatic nitrogens is 3. The number of benzene rings is 1. The standard InChI is InChI=1S/C15H13ClN4O3S/c1-2-24(22,23)12-4-3-7-17-14(12)15(21)19-11-6-5-10-9(13(11)16)8-18-20-10/h3-8H,2H2,1H3,(H,18,20)(H,19,21). The van der Waals surface area contributed by atoms with Crippen molar-refractivity contribution < 1.29 is 13.2 Å². The van der Waals surface area contributed by atoms with Crippen molar-refractivity contribution in [2.75, 3.05) is 11.1 Å². The van der Waals surface area contributed by atoms with Crippen LogP contribution in [0.15, 0.2) is 41.6 Å². The maximum atomic E-state index is 12.5. The Morgan fingerprint density at radius 2 is 2.12 bits per heavy atom. The summed E-state index contributed by atoms with van der Waals surface area (Å²) in [6.45, 7) is 1.51. The van der Waals surface area contributed by atoms with Crippen LogP contribution in [0.5, 0.6) is 0 Å². The van der Waals surface area contributed by atoms with Gasteiger partial charge in [-0.3, -0.25) is 9.89 Å². The monoisotopic (exact) mass is 364 g/mol. The third-order valence-electron chi connectivity index (χ3n) is 3.51. The largest absolute Gasteiger partial charge is 0.319 e. The van der Waals surface area contributed by atoms with Crippen LogP contribution in [0.2, 0.25) is 5.02 Å². The fourth-order valence-corrected chi connectivity index (χ4v) is 3.53. The van der Waals surface area contributed by atoms with Gasteiger partial charge in [-0.05, 0) is 24.3 Å². The minimum atomic E-state index is -3.57. The van der Waals surface area contributed by atoms with E-state index in [4.69, 9.17) is 11.6 Å². The van der Waals surface area contributed by atoms with E-state index >= 15 is 0 Å². The lowest BCUT2D eigenvalue weighted by Crippen LogP contribution is -2.19. The Balaban J connectivity index is 2.00. The second kappa shape index (κ2) is 6.21. The highest BCUT2D eigenvalue weighted by Gasteiger charge is 2.23. The first-order valence-electron chi connectivity index (χ1n) is 7.04. The summed E-state index contributed by atoms with van der Waals surface area (Å²) >= 11 is 6.26. The minimum Gasteiger partial charge on any atom is -0.319 e. The summed E-state index contributed by atoms with van der Waals surface area (Å²) in [5.74, 6) is -0.770. The molecule has 0 saturated heterocycles. The maximum absolute atomic E-state index is 12.5. The third kappa shape index (κ3) is 2.85. The molecule has 9 heteroatoms. The first-order valence-corrected chi connectivity index (χ1v) is 9.07. The average Bonchev–Trinajstić information content (AvgIpc) is 3.07. The van der Waals surface area contributed by atoms with Crippen LogP contribution >= 0.6 is 11.6 Å². The van der Waals surface area contributed by atoms with E-state index in [-0.39, 0.29) is 16.3 Å². The van der Waals surface area contributed by atoms with Crippen molar-refractivity contribution >= 4 is 43.9 Å². The van der Waals surface area contributed by atoms with E-state index in [1.165, 1.54) is 25.3 Å². The SMILES string of the molecule is CCS(=O)(=O)c1cccnc1C(=O)Nc1ccc2[nH]ncc2c1Cl. The van der Waals surface area contributed by atoms with Gasteiger partial charge in [0.2, 0.25) is 0 Å². The van der Waals surface area contributed by atoms with Crippen LogP contribution < -0.4 is 5.32 Å². The Kier molecular flexibility index (Phi) is 4.25. The number of H-pyrrole nitrogens is 1. The molecule has 0 bridgehead atoms. The van der Waals surface area contributed by atoms with Crippen molar-refractivity contribution in [2.24, 2.45) is 0 Å². The second-order valence-electron chi connectivity index (χ2n) is 4.97. The van der Waals surface area contributed by atoms with E-state index in [0.29, 0.717) is 16.1 Å². The molecule has 1 amide bonds. The van der Waals surface area contributed by atoms with Gasteiger partial charge in [0, 0.05) is 11.6 Å². The highest BCUT2D eigenvalue weighted by molar-refractivity contribution is 7.91. The number of aromatic amines is 1. The lowest BCUT2D eigenvalue weighted by Gasteiger charge is -2.10. The highest BCUT2D eigenvalue weighted by Crippen LogP contribution is 2.30. The summed E-state index contributed by atoms with van der Waals surface area (Å²) in [5.41, 5.74) is 0.911. The molecule has 0 aliphatic rings. The molecular weight excluding hydrogens is 352 g/mol. The van der Waals surface area contributed by atoms with Gasteiger partial charge in [0.25, 0.3) is 5.91 Å². The Morgan fingerprint density at radius 1 is 1.33 bits per heavy atom. The molecule has 0 fully saturated rings. The molecule has 3 aromatic rings. The normalized spacial score (nSPS) is 11.6. The Labute approximate surface area is 143 Å². The Hall–Kier alpha value is -2.45. The number of fused-ring (bicyclic) bond motifs is 1. The molecule has 2 N–H and O–H groups in total. The van der Waals surface area contributed by atoms with E-state index in [1.807, 2.05) is 0 Å². The van der Waals surface area contributed by atoms with Crippen LogP contribution in [-0.2, 0) is 9.84 Å². The number of hydrogen-bond donors (Lipinski definition) is 2. The van der Waals surface area contributed by atoms with E-state index in [0.717, 1.165) is 5.52 Å². The van der Waals surface area contributed by atoms with Crippen LogP contribution in [0.1, 0.15) is 17.4 Å². The van der Waals surface area contributed by atoms with Crippen molar-refractivity contribution in [3.63, 3.8) is 0 Å². The molecule has 0 unspecified atom stereocenters. The molecule has 2 aromatic heterocycles. The molecule has 7 nitrogen and oxygen atoms in total. The van der Waals surface area contributed by atoms with Gasteiger partial charge in [0.05, 0.1) is 33.1 Å². The molecule has 0 radical (unpaired) electrons. The molecule has 0 aliphatic carbocycles. The van der Waals surface area contributed by atoms with Crippen LogP contribution in [0.3, 0.4) is 0 Å². The fraction of sp³-hybridized carbons (Fsp3) is 0.133. The summed E-state index contributed by atoms with van der Waals surface area (Å²) in [6.07, 6.45) is 2.91. The van der Waals surface area contributed by atoms with Crippen LogP contribution in [0.4, 0.5) is 5.69 Å². The number of anilines is 1.